The van der Waals surface area contributed by atoms with E-state index in [9.17, 15) is 14.7 Å². The number of carbonyl (C=O) groups is 2. The zero-order valence-corrected chi connectivity index (χ0v) is 19.9. The van der Waals surface area contributed by atoms with Gasteiger partial charge in [-0.25, -0.2) is 0 Å². The summed E-state index contributed by atoms with van der Waals surface area (Å²) in [7, 11) is 1.77. The van der Waals surface area contributed by atoms with Crippen molar-refractivity contribution in [3.63, 3.8) is 0 Å². The van der Waals surface area contributed by atoms with Crippen LogP contribution < -0.4 is 10.6 Å². The molecule has 0 bridgehead atoms. The smallest absolute Gasteiger partial charge is 0.246 e. The summed E-state index contributed by atoms with van der Waals surface area (Å²) in [5.74, 6) is -0.283. The number of benzene rings is 1. The van der Waals surface area contributed by atoms with Gasteiger partial charge in [0.15, 0.2) is 0 Å². The Kier molecular flexibility index (Phi) is 7.62. The van der Waals surface area contributed by atoms with Crippen LogP contribution in [0.25, 0.3) is 10.9 Å². The van der Waals surface area contributed by atoms with Crippen LogP contribution in [0, 0.1) is 5.41 Å². The van der Waals surface area contributed by atoms with Crippen LogP contribution in [-0.2, 0) is 16.0 Å². The predicted octanol–water partition coefficient (Wildman–Crippen LogP) is 2.59. The molecule has 4 N–H and O–H groups in total. The maximum atomic E-state index is 13.7. The zero-order chi connectivity index (χ0) is 23.5. The van der Waals surface area contributed by atoms with Crippen molar-refractivity contribution in [3.05, 3.63) is 36.0 Å². The second-order valence-corrected chi connectivity index (χ2v) is 9.96. The van der Waals surface area contributed by atoms with Gasteiger partial charge in [-0.05, 0) is 43.4 Å². The molecular formula is C25H38N4O3. The number of aromatic nitrogens is 1. The van der Waals surface area contributed by atoms with Gasteiger partial charge in [-0.2, -0.15) is 0 Å². The number of aliphatic hydroxyl groups excluding tert-OH is 1. The largest absolute Gasteiger partial charge is 0.391 e. The predicted molar refractivity (Wildman–Crippen MR) is 127 cm³/mol. The fourth-order valence-corrected chi connectivity index (χ4v) is 4.64. The summed E-state index contributed by atoms with van der Waals surface area (Å²) < 4.78 is 0. The number of aromatic amines is 1. The number of hydrogen-bond donors (Lipinski definition) is 4. The third-order valence-electron chi connectivity index (χ3n) is 6.54. The summed E-state index contributed by atoms with van der Waals surface area (Å²) in [6, 6.07) is 6.73. The van der Waals surface area contributed by atoms with Crippen LogP contribution in [0.1, 0.15) is 52.5 Å². The molecule has 4 atom stereocenters. The maximum Gasteiger partial charge on any atom is 0.246 e. The summed E-state index contributed by atoms with van der Waals surface area (Å²) in [4.78, 5) is 31.7. The molecule has 1 fully saturated rings. The van der Waals surface area contributed by atoms with Crippen LogP contribution in [0.2, 0.25) is 0 Å². The van der Waals surface area contributed by atoms with Gasteiger partial charge >= 0.3 is 0 Å². The molecule has 3 rings (SSSR count). The van der Waals surface area contributed by atoms with Crippen molar-refractivity contribution in [2.45, 2.75) is 77.6 Å². The van der Waals surface area contributed by atoms with Gasteiger partial charge in [-0.1, -0.05) is 52.3 Å². The van der Waals surface area contributed by atoms with Gasteiger partial charge in [0, 0.05) is 23.6 Å². The third-order valence-corrected chi connectivity index (χ3v) is 6.54. The van der Waals surface area contributed by atoms with E-state index >= 15 is 0 Å². The van der Waals surface area contributed by atoms with Gasteiger partial charge in [-0.3, -0.25) is 9.59 Å². The van der Waals surface area contributed by atoms with Crippen LogP contribution in [0.4, 0.5) is 0 Å². The molecule has 1 aromatic heterocycles. The number of aliphatic hydroxyl groups is 1. The highest BCUT2D eigenvalue weighted by molar-refractivity contribution is 5.91. The lowest BCUT2D eigenvalue weighted by Crippen LogP contribution is -2.59. The van der Waals surface area contributed by atoms with E-state index in [1.54, 1.807) is 11.9 Å². The summed E-state index contributed by atoms with van der Waals surface area (Å²) >= 11 is 0. The van der Waals surface area contributed by atoms with Crippen LogP contribution in [0.5, 0.6) is 0 Å². The lowest BCUT2D eigenvalue weighted by molar-refractivity contribution is -0.141. The molecule has 2 amide bonds. The number of nitrogens with zero attached hydrogens (tertiary/aromatic N) is 1. The van der Waals surface area contributed by atoms with Gasteiger partial charge in [0.2, 0.25) is 11.8 Å². The van der Waals surface area contributed by atoms with E-state index in [1.165, 1.54) is 0 Å². The van der Waals surface area contributed by atoms with Crippen LogP contribution in [0.15, 0.2) is 30.5 Å². The quantitative estimate of drug-likeness (QED) is 0.505. The number of fused-ring (bicyclic) bond motifs is 1. The summed E-state index contributed by atoms with van der Waals surface area (Å²) in [5.41, 5.74) is 1.66. The molecule has 0 radical (unpaired) electrons. The van der Waals surface area contributed by atoms with E-state index in [0.717, 1.165) is 22.9 Å². The highest BCUT2D eigenvalue weighted by Crippen LogP contribution is 2.29. The van der Waals surface area contributed by atoms with Gasteiger partial charge in [0.1, 0.15) is 6.04 Å². The first kappa shape index (κ1) is 24.3. The fraction of sp³-hybridized carbons (Fsp3) is 0.600. The van der Waals surface area contributed by atoms with Gasteiger partial charge in [0.05, 0.1) is 18.2 Å². The monoisotopic (exact) mass is 442 g/mol. The van der Waals surface area contributed by atoms with Crippen LogP contribution in [-0.4, -0.2) is 64.6 Å². The number of amides is 2. The Labute approximate surface area is 190 Å². The summed E-state index contributed by atoms with van der Waals surface area (Å²) in [6.07, 6.45) is 4.06. The van der Waals surface area contributed by atoms with Crippen molar-refractivity contribution >= 4 is 22.7 Å². The average Bonchev–Trinajstić information content (AvgIpc) is 3.33. The molecule has 7 heteroatoms. The number of likely N-dealkylation sites (tertiary alicyclic amines) is 1. The third kappa shape index (κ3) is 5.15. The standard InChI is InChI=1S/C25H38N4O3/c1-6-9-19(26-5)23(31)28-22(25(2,3)4)24(32)29-13-12-21(30)20(29)14-16-15-27-18-11-8-7-10-17(16)18/h7-8,10-11,15,19-22,26-27,30H,6,9,12-14H2,1-5H3,(H,28,31)/t19-,20-,21?,22+/m0/s1. The van der Waals surface area contributed by atoms with E-state index in [4.69, 9.17) is 0 Å². The Morgan fingerprint density at radius 3 is 2.66 bits per heavy atom. The number of likely N-dealkylation sites (N-methyl/N-ethyl adjacent to an activating group) is 1. The molecule has 0 aliphatic carbocycles. The molecule has 2 aromatic rings. The van der Waals surface area contributed by atoms with Gasteiger partial charge in [-0.15, -0.1) is 0 Å². The number of para-hydroxylation sites is 1. The molecular weight excluding hydrogens is 404 g/mol. The van der Waals surface area contributed by atoms with Crippen molar-refractivity contribution in [1.82, 2.24) is 20.5 Å². The highest BCUT2D eigenvalue weighted by atomic mass is 16.3. The van der Waals surface area contributed by atoms with E-state index in [2.05, 4.69) is 21.7 Å². The van der Waals surface area contributed by atoms with Crippen molar-refractivity contribution in [2.24, 2.45) is 5.41 Å². The normalized spacial score (nSPS) is 21.0. The molecule has 0 saturated carbocycles. The van der Waals surface area contributed by atoms with Gasteiger partial charge < -0.3 is 25.6 Å². The molecule has 2 heterocycles. The zero-order valence-electron chi connectivity index (χ0n) is 19.9. The summed E-state index contributed by atoms with van der Waals surface area (Å²) in [5, 5.41) is 17.9. The van der Waals surface area contributed by atoms with Crippen LogP contribution >= 0.6 is 0 Å². The molecule has 1 aliphatic rings. The number of carbonyl (C=O) groups excluding carboxylic acids is 2. The minimum atomic E-state index is -0.668. The van der Waals surface area contributed by atoms with Crippen molar-refractivity contribution in [3.8, 4) is 0 Å². The minimum Gasteiger partial charge on any atom is -0.391 e. The fourth-order valence-electron chi connectivity index (χ4n) is 4.64. The molecule has 176 valence electrons. The topological polar surface area (TPSA) is 97.5 Å². The Bertz CT molecular complexity index is 933. The Morgan fingerprint density at radius 1 is 1.28 bits per heavy atom. The van der Waals surface area contributed by atoms with Crippen LogP contribution in [0.3, 0.4) is 0 Å². The van der Waals surface area contributed by atoms with E-state index in [-0.39, 0.29) is 23.9 Å². The van der Waals surface area contributed by atoms with E-state index in [0.29, 0.717) is 25.8 Å². The van der Waals surface area contributed by atoms with Crippen molar-refractivity contribution in [2.75, 3.05) is 13.6 Å². The highest BCUT2D eigenvalue weighted by Gasteiger charge is 2.43. The van der Waals surface area contributed by atoms with E-state index in [1.807, 2.05) is 52.1 Å². The SMILES string of the molecule is CCC[C@H](NC)C(=O)N[C@H](C(=O)N1CCC(O)[C@@H]1Cc1c[nH]c2ccccc12)C(C)(C)C. The number of nitrogens with one attached hydrogen (secondary N) is 3. The maximum absolute atomic E-state index is 13.7. The lowest BCUT2D eigenvalue weighted by Gasteiger charge is -2.37. The van der Waals surface area contributed by atoms with Crippen molar-refractivity contribution in [1.29, 1.82) is 0 Å². The lowest BCUT2D eigenvalue weighted by atomic mass is 9.85. The first-order chi connectivity index (χ1) is 15.2. The summed E-state index contributed by atoms with van der Waals surface area (Å²) in [6.45, 7) is 8.41. The second kappa shape index (κ2) is 10.0. The number of hydrogen-bond acceptors (Lipinski definition) is 4. The first-order valence-corrected chi connectivity index (χ1v) is 11.7. The molecule has 32 heavy (non-hydrogen) atoms. The molecule has 7 nitrogen and oxygen atoms in total. The van der Waals surface area contributed by atoms with E-state index < -0.39 is 17.6 Å². The Morgan fingerprint density at radius 2 is 2.00 bits per heavy atom. The second-order valence-electron chi connectivity index (χ2n) is 9.96. The number of H-pyrrole nitrogens is 1. The molecule has 0 spiro atoms. The van der Waals surface area contributed by atoms with Crippen molar-refractivity contribution < 1.29 is 14.7 Å². The first-order valence-electron chi connectivity index (χ1n) is 11.7. The molecule has 1 aliphatic heterocycles. The Hall–Kier alpha value is -2.38. The Balaban J connectivity index is 1.82. The minimum absolute atomic E-state index is 0.126. The molecule has 1 unspecified atom stereocenters. The average molecular weight is 443 g/mol. The molecule has 1 aromatic carbocycles. The number of rotatable bonds is 8. The van der Waals surface area contributed by atoms with Gasteiger partial charge in [0.25, 0.3) is 0 Å². The molecule has 1 saturated heterocycles.